The number of carbonyl (C=O) groups excluding carboxylic acids is 5. The van der Waals surface area contributed by atoms with Gasteiger partial charge in [0.1, 0.15) is 24.9 Å². The molecular weight excluding hydrogens is 534 g/mol. The van der Waals surface area contributed by atoms with Crippen molar-refractivity contribution in [3.05, 3.63) is 106 Å². The number of fused-ring (bicyclic) bond motifs is 1. The first kappa shape index (κ1) is 27.2. The van der Waals surface area contributed by atoms with E-state index in [0.29, 0.717) is 11.3 Å². The van der Waals surface area contributed by atoms with Gasteiger partial charge in [-0.3, -0.25) is 39.0 Å². The fourth-order valence-electron chi connectivity index (χ4n) is 4.84. The summed E-state index contributed by atoms with van der Waals surface area (Å²) in [4.78, 5) is 76.9. The predicted octanol–water partition coefficient (Wildman–Crippen LogP) is 2.90. The van der Waals surface area contributed by atoms with Crippen LogP contribution >= 0.6 is 0 Å². The van der Waals surface area contributed by atoms with Crippen molar-refractivity contribution in [2.45, 2.75) is 31.5 Å². The van der Waals surface area contributed by atoms with Crippen LogP contribution in [0.5, 0.6) is 5.75 Å². The zero-order chi connectivity index (χ0) is 29.1. The van der Waals surface area contributed by atoms with Crippen LogP contribution in [0.4, 0.5) is 5.69 Å². The maximum absolute atomic E-state index is 13.2. The molecule has 0 bridgehead atoms. The smallest absolute Gasteiger partial charge is 0.325 e. The number of hydrogen-bond donors (Lipinski definition) is 0. The standard InChI is InChI=1S/C29H23N3O9/c33-24(41-20-6-2-1-3-7-20)15-14-23-26(31-27(35)21-8-4-5-9-22(21)28(31)36)29(37)30(23)16-25(34)40-17-18-10-12-19(13-11-18)32(38)39/h1-13,23,26H,14-17H2/t23-,26+/m1/s1. The van der Waals surface area contributed by atoms with E-state index in [0.717, 1.165) is 4.90 Å². The van der Waals surface area contributed by atoms with E-state index in [4.69, 9.17) is 9.47 Å². The zero-order valence-electron chi connectivity index (χ0n) is 21.5. The van der Waals surface area contributed by atoms with Crippen molar-refractivity contribution in [3.8, 4) is 5.75 Å². The van der Waals surface area contributed by atoms with Crippen molar-refractivity contribution in [2.24, 2.45) is 0 Å². The van der Waals surface area contributed by atoms with Crippen molar-refractivity contribution in [1.82, 2.24) is 9.80 Å². The molecule has 12 heteroatoms. The lowest BCUT2D eigenvalue weighted by Gasteiger charge is -2.49. The second-order valence-corrected chi connectivity index (χ2v) is 9.41. The van der Waals surface area contributed by atoms with E-state index in [1.807, 2.05) is 0 Å². The summed E-state index contributed by atoms with van der Waals surface area (Å²) in [6, 6.07) is 18.0. The number of rotatable bonds is 10. The maximum atomic E-state index is 13.2. The van der Waals surface area contributed by atoms with Gasteiger partial charge in [0.2, 0.25) is 5.91 Å². The lowest BCUT2D eigenvalue weighted by atomic mass is 9.89. The van der Waals surface area contributed by atoms with E-state index < -0.39 is 53.2 Å². The summed E-state index contributed by atoms with van der Waals surface area (Å²) in [6.45, 7) is -0.668. The lowest BCUT2D eigenvalue weighted by Crippen LogP contribution is -2.72. The van der Waals surface area contributed by atoms with Crippen molar-refractivity contribution < 1.29 is 38.4 Å². The summed E-state index contributed by atoms with van der Waals surface area (Å²) in [5.74, 6) is -2.90. The van der Waals surface area contributed by atoms with Gasteiger partial charge in [-0.2, -0.15) is 0 Å². The van der Waals surface area contributed by atoms with Crippen LogP contribution in [-0.4, -0.2) is 63.0 Å². The third-order valence-corrected chi connectivity index (χ3v) is 6.87. The monoisotopic (exact) mass is 557 g/mol. The Labute approximate surface area is 233 Å². The highest BCUT2D eigenvalue weighted by Crippen LogP contribution is 2.34. The number of nitro benzene ring substituents is 1. The van der Waals surface area contributed by atoms with E-state index >= 15 is 0 Å². The number of nitrogens with zero attached hydrogens (tertiary/aromatic N) is 3. The van der Waals surface area contributed by atoms with Crippen LogP contribution in [0.25, 0.3) is 0 Å². The van der Waals surface area contributed by atoms with Gasteiger partial charge in [0, 0.05) is 18.6 Å². The first-order valence-electron chi connectivity index (χ1n) is 12.7. The van der Waals surface area contributed by atoms with E-state index in [2.05, 4.69) is 0 Å². The van der Waals surface area contributed by atoms with Gasteiger partial charge in [-0.15, -0.1) is 0 Å². The molecule has 2 aliphatic heterocycles. The van der Waals surface area contributed by atoms with Gasteiger partial charge in [-0.25, -0.2) is 0 Å². The van der Waals surface area contributed by atoms with Gasteiger partial charge in [0.15, 0.2) is 0 Å². The quantitative estimate of drug-likeness (QED) is 0.0914. The van der Waals surface area contributed by atoms with E-state index in [9.17, 15) is 34.1 Å². The molecule has 3 aromatic carbocycles. The summed E-state index contributed by atoms with van der Waals surface area (Å²) < 4.78 is 10.6. The van der Waals surface area contributed by atoms with Gasteiger partial charge in [-0.05, 0) is 48.4 Å². The van der Waals surface area contributed by atoms with Crippen molar-refractivity contribution in [1.29, 1.82) is 0 Å². The van der Waals surface area contributed by atoms with Crippen LogP contribution in [0.2, 0.25) is 0 Å². The molecule has 0 aromatic heterocycles. The Balaban J connectivity index is 1.27. The fraction of sp³-hybridized carbons (Fsp3) is 0.207. The fourth-order valence-corrected chi connectivity index (χ4v) is 4.84. The minimum Gasteiger partial charge on any atom is -0.459 e. The molecular formula is C29H23N3O9. The third-order valence-electron chi connectivity index (χ3n) is 6.87. The molecule has 1 saturated heterocycles. The molecule has 12 nitrogen and oxygen atoms in total. The van der Waals surface area contributed by atoms with Crippen molar-refractivity contribution >= 4 is 35.3 Å². The second kappa shape index (κ2) is 11.4. The number of hydrogen-bond acceptors (Lipinski definition) is 9. The summed E-state index contributed by atoms with van der Waals surface area (Å²) in [5.41, 5.74) is 0.740. The molecule has 3 aromatic rings. The number of likely N-dealkylation sites (tertiary alicyclic amines) is 1. The Bertz CT molecular complexity index is 1500. The van der Waals surface area contributed by atoms with Gasteiger partial charge in [-0.1, -0.05) is 30.3 Å². The summed E-state index contributed by atoms with van der Waals surface area (Å²) in [6.07, 6.45) is -0.133. The highest BCUT2D eigenvalue weighted by Gasteiger charge is 2.56. The minimum atomic E-state index is -1.20. The van der Waals surface area contributed by atoms with Crippen LogP contribution in [0.3, 0.4) is 0 Å². The Morgan fingerprint density at radius 2 is 1.44 bits per heavy atom. The molecule has 41 heavy (non-hydrogen) atoms. The van der Waals surface area contributed by atoms with Crippen molar-refractivity contribution in [3.63, 3.8) is 0 Å². The molecule has 0 saturated carbocycles. The zero-order valence-corrected chi connectivity index (χ0v) is 21.5. The maximum Gasteiger partial charge on any atom is 0.325 e. The van der Waals surface area contributed by atoms with Crippen LogP contribution in [0, 0.1) is 10.1 Å². The number of benzene rings is 3. The normalized spacial score (nSPS) is 17.6. The Hall–Kier alpha value is -5.39. The van der Waals surface area contributed by atoms with Crippen LogP contribution < -0.4 is 4.74 Å². The number of esters is 2. The Kier molecular flexibility index (Phi) is 7.55. The molecule has 0 spiro atoms. The SMILES string of the molecule is O=C(CN1C(=O)[C@@H](N2C(=O)c3ccccc3C2=O)[C@H]1CCC(=O)Oc1ccccc1)OCc1ccc([N+](=O)[O-])cc1. The summed E-state index contributed by atoms with van der Waals surface area (Å²) in [5, 5.41) is 10.8. The molecule has 0 N–H and O–H groups in total. The number of nitro groups is 1. The largest absolute Gasteiger partial charge is 0.459 e. The third kappa shape index (κ3) is 5.53. The van der Waals surface area contributed by atoms with Gasteiger partial charge >= 0.3 is 11.9 Å². The van der Waals surface area contributed by atoms with Crippen molar-refractivity contribution in [2.75, 3.05) is 6.54 Å². The lowest BCUT2D eigenvalue weighted by molar-refractivity contribution is -0.384. The van der Waals surface area contributed by atoms with E-state index in [-0.39, 0.29) is 36.3 Å². The van der Waals surface area contributed by atoms with E-state index in [1.165, 1.54) is 41.3 Å². The first-order valence-corrected chi connectivity index (χ1v) is 12.7. The van der Waals surface area contributed by atoms with Gasteiger partial charge in [0.25, 0.3) is 17.5 Å². The van der Waals surface area contributed by atoms with Crippen LogP contribution in [0.1, 0.15) is 39.1 Å². The highest BCUT2D eigenvalue weighted by molar-refractivity contribution is 6.23. The molecule has 1 fully saturated rings. The predicted molar refractivity (Wildman–Crippen MR) is 140 cm³/mol. The Morgan fingerprint density at radius 3 is 2.05 bits per heavy atom. The summed E-state index contributed by atoms with van der Waals surface area (Å²) in [7, 11) is 0. The number of amides is 3. The molecule has 2 aliphatic rings. The average Bonchev–Trinajstić information content (AvgIpc) is 3.22. The van der Waals surface area contributed by atoms with Gasteiger partial charge < -0.3 is 14.4 Å². The molecule has 2 heterocycles. The molecule has 208 valence electrons. The number of non-ortho nitro benzene ring substituents is 1. The molecule has 0 unspecified atom stereocenters. The molecule has 3 amide bonds. The number of ether oxygens (including phenoxy) is 2. The van der Waals surface area contributed by atoms with Gasteiger partial charge in [0.05, 0.1) is 22.1 Å². The Morgan fingerprint density at radius 1 is 0.829 bits per heavy atom. The summed E-state index contributed by atoms with van der Waals surface area (Å²) >= 11 is 0. The number of para-hydroxylation sites is 1. The molecule has 2 atom stereocenters. The minimum absolute atomic E-state index is 0.0190. The number of carbonyl (C=O) groups is 5. The number of imide groups is 1. The molecule has 0 aliphatic carbocycles. The van der Waals surface area contributed by atoms with Crippen LogP contribution in [0.15, 0.2) is 78.9 Å². The average molecular weight is 558 g/mol. The van der Waals surface area contributed by atoms with Crippen LogP contribution in [-0.2, 0) is 25.7 Å². The molecule has 5 rings (SSSR count). The topological polar surface area (TPSA) is 153 Å². The number of β-lactam (4-membered cyclic amide) rings is 1. The van der Waals surface area contributed by atoms with E-state index in [1.54, 1.807) is 42.5 Å². The second-order valence-electron chi connectivity index (χ2n) is 9.41. The molecule has 0 radical (unpaired) electrons. The first-order chi connectivity index (χ1) is 19.7. The highest BCUT2D eigenvalue weighted by atomic mass is 16.6.